The van der Waals surface area contributed by atoms with Crippen LogP contribution in [0.1, 0.15) is 31.9 Å². The van der Waals surface area contributed by atoms with Gasteiger partial charge in [-0.2, -0.15) is 0 Å². The first kappa shape index (κ1) is 16.0. The fourth-order valence-corrected chi connectivity index (χ4v) is 2.95. The van der Waals surface area contributed by atoms with Gasteiger partial charge >= 0.3 is 0 Å². The number of nitrogens with two attached hydrogens (primary N) is 1. The predicted octanol–water partition coefficient (Wildman–Crippen LogP) is 3.60. The molecule has 2 unspecified atom stereocenters. The van der Waals surface area contributed by atoms with Crippen LogP contribution in [0.2, 0.25) is 0 Å². The second-order valence-electron chi connectivity index (χ2n) is 5.47. The van der Waals surface area contributed by atoms with E-state index in [0.717, 1.165) is 24.1 Å². The lowest BCUT2D eigenvalue weighted by atomic mass is 9.90. The molecule has 0 spiro atoms. The zero-order valence-corrected chi connectivity index (χ0v) is 13.4. The van der Waals surface area contributed by atoms with Gasteiger partial charge in [-0.1, -0.05) is 35.0 Å². The summed E-state index contributed by atoms with van der Waals surface area (Å²) in [6.07, 6.45) is 1.21. The highest BCUT2D eigenvalue weighted by Crippen LogP contribution is 2.34. The average Bonchev–Trinajstić information content (AvgIpc) is 2.72. The van der Waals surface area contributed by atoms with Crippen molar-refractivity contribution in [2.45, 2.75) is 26.3 Å². The third kappa shape index (κ3) is 3.47. The van der Waals surface area contributed by atoms with Gasteiger partial charge in [-0.05, 0) is 49.5 Å². The van der Waals surface area contributed by atoms with Crippen LogP contribution in [0, 0.1) is 5.41 Å². The maximum atomic E-state index is 5.86. The van der Waals surface area contributed by atoms with Crippen molar-refractivity contribution in [2.24, 2.45) is 11.1 Å². The second kappa shape index (κ2) is 6.38. The Labute approximate surface area is 124 Å². The van der Waals surface area contributed by atoms with E-state index in [9.17, 15) is 0 Å². The largest absolute Gasteiger partial charge is 0.330 e. The van der Waals surface area contributed by atoms with Crippen molar-refractivity contribution in [1.82, 2.24) is 4.90 Å². The Bertz CT molecular complexity index is 399. The summed E-state index contributed by atoms with van der Waals surface area (Å²) in [5, 5.41) is 0. The molecule has 102 valence electrons. The number of benzene rings is 1. The third-order valence-electron chi connectivity index (χ3n) is 3.96. The van der Waals surface area contributed by atoms with E-state index in [1.165, 1.54) is 12.0 Å². The van der Waals surface area contributed by atoms with Gasteiger partial charge in [0.15, 0.2) is 0 Å². The maximum absolute atomic E-state index is 5.86. The van der Waals surface area contributed by atoms with E-state index in [1.54, 1.807) is 0 Å². The lowest BCUT2D eigenvalue weighted by molar-refractivity contribution is 0.227. The van der Waals surface area contributed by atoms with Crippen LogP contribution in [0.3, 0.4) is 0 Å². The summed E-state index contributed by atoms with van der Waals surface area (Å²) in [5.41, 5.74) is 7.54. The number of rotatable bonds is 3. The van der Waals surface area contributed by atoms with Gasteiger partial charge in [0.05, 0.1) is 0 Å². The molecule has 0 aromatic heterocycles. The SMILES string of the molecule is CC(c1cccc(Br)c1)N1CCC(C)(CN)C1.Cl. The van der Waals surface area contributed by atoms with Gasteiger partial charge in [-0.25, -0.2) is 0 Å². The lowest BCUT2D eigenvalue weighted by Crippen LogP contribution is -2.32. The topological polar surface area (TPSA) is 29.3 Å². The zero-order chi connectivity index (χ0) is 12.5. The molecule has 18 heavy (non-hydrogen) atoms. The smallest absolute Gasteiger partial charge is 0.0320 e. The summed E-state index contributed by atoms with van der Waals surface area (Å²) in [4.78, 5) is 2.54. The van der Waals surface area contributed by atoms with E-state index >= 15 is 0 Å². The fraction of sp³-hybridized carbons (Fsp3) is 0.571. The van der Waals surface area contributed by atoms with E-state index in [-0.39, 0.29) is 12.4 Å². The molecule has 1 aliphatic rings. The summed E-state index contributed by atoms with van der Waals surface area (Å²) >= 11 is 3.54. The molecule has 2 nitrogen and oxygen atoms in total. The van der Waals surface area contributed by atoms with E-state index in [2.05, 4.69) is 58.9 Å². The van der Waals surface area contributed by atoms with Crippen molar-refractivity contribution in [2.75, 3.05) is 19.6 Å². The molecule has 1 heterocycles. The van der Waals surface area contributed by atoms with Crippen molar-refractivity contribution >= 4 is 28.3 Å². The molecule has 2 N–H and O–H groups in total. The van der Waals surface area contributed by atoms with Crippen molar-refractivity contribution in [3.05, 3.63) is 34.3 Å². The van der Waals surface area contributed by atoms with E-state index in [0.29, 0.717) is 11.5 Å². The first-order chi connectivity index (χ1) is 8.04. The van der Waals surface area contributed by atoms with Crippen molar-refractivity contribution in [1.29, 1.82) is 0 Å². The van der Waals surface area contributed by atoms with Gasteiger partial charge in [-0.3, -0.25) is 4.90 Å². The molecule has 1 saturated heterocycles. The van der Waals surface area contributed by atoms with Crippen LogP contribution >= 0.6 is 28.3 Å². The maximum Gasteiger partial charge on any atom is 0.0320 e. The Morgan fingerprint density at radius 3 is 2.78 bits per heavy atom. The zero-order valence-electron chi connectivity index (χ0n) is 11.0. The summed E-state index contributed by atoms with van der Waals surface area (Å²) in [5.74, 6) is 0. The molecule has 0 saturated carbocycles. The molecule has 0 amide bonds. The molecule has 0 bridgehead atoms. The monoisotopic (exact) mass is 332 g/mol. The highest BCUT2D eigenvalue weighted by atomic mass is 79.9. The highest BCUT2D eigenvalue weighted by Gasteiger charge is 2.34. The van der Waals surface area contributed by atoms with Crippen LogP contribution in [0.5, 0.6) is 0 Å². The normalized spacial score (nSPS) is 25.8. The van der Waals surface area contributed by atoms with E-state index < -0.39 is 0 Å². The van der Waals surface area contributed by atoms with Crippen LogP contribution in [-0.4, -0.2) is 24.5 Å². The van der Waals surface area contributed by atoms with E-state index in [1.807, 2.05) is 0 Å². The molecule has 0 aliphatic carbocycles. The van der Waals surface area contributed by atoms with Gasteiger partial charge in [0.1, 0.15) is 0 Å². The van der Waals surface area contributed by atoms with Gasteiger partial charge in [0.2, 0.25) is 0 Å². The molecule has 0 radical (unpaired) electrons. The molecule has 1 fully saturated rings. The van der Waals surface area contributed by atoms with Gasteiger partial charge < -0.3 is 5.73 Å². The molecule has 1 aromatic carbocycles. The van der Waals surface area contributed by atoms with Gasteiger partial charge in [0, 0.05) is 17.1 Å². The number of halogens is 2. The van der Waals surface area contributed by atoms with Crippen LogP contribution in [0.4, 0.5) is 0 Å². The van der Waals surface area contributed by atoms with Crippen LogP contribution in [-0.2, 0) is 0 Å². The number of hydrogen-bond donors (Lipinski definition) is 1. The standard InChI is InChI=1S/C14H21BrN2.ClH/c1-11(12-4-3-5-13(15)8-12)17-7-6-14(2,9-16)10-17;/h3-5,8,11H,6-7,9-10,16H2,1-2H3;1H. The lowest BCUT2D eigenvalue weighted by Gasteiger charge is -2.27. The highest BCUT2D eigenvalue weighted by molar-refractivity contribution is 9.10. The number of hydrogen-bond acceptors (Lipinski definition) is 2. The first-order valence-corrected chi connectivity index (χ1v) is 7.03. The Kier molecular flexibility index (Phi) is 5.66. The minimum Gasteiger partial charge on any atom is -0.330 e. The molecule has 2 rings (SSSR count). The third-order valence-corrected chi connectivity index (χ3v) is 4.45. The molecule has 1 aromatic rings. The predicted molar refractivity (Wildman–Crippen MR) is 83.2 cm³/mol. The molecular weight excluding hydrogens is 312 g/mol. The van der Waals surface area contributed by atoms with Gasteiger partial charge in [0.25, 0.3) is 0 Å². The quantitative estimate of drug-likeness (QED) is 0.915. The minimum atomic E-state index is 0. The number of likely N-dealkylation sites (tertiary alicyclic amines) is 1. The van der Waals surface area contributed by atoms with Gasteiger partial charge in [-0.15, -0.1) is 12.4 Å². The van der Waals surface area contributed by atoms with Crippen LogP contribution < -0.4 is 5.73 Å². The molecule has 1 aliphatic heterocycles. The molecule has 2 atom stereocenters. The first-order valence-electron chi connectivity index (χ1n) is 6.24. The van der Waals surface area contributed by atoms with Crippen molar-refractivity contribution in [3.63, 3.8) is 0 Å². The van der Waals surface area contributed by atoms with Crippen LogP contribution in [0.25, 0.3) is 0 Å². The molecular formula is C14H22BrClN2. The van der Waals surface area contributed by atoms with Crippen molar-refractivity contribution < 1.29 is 0 Å². The fourth-order valence-electron chi connectivity index (χ4n) is 2.54. The Balaban J connectivity index is 0.00000162. The summed E-state index contributed by atoms with van der Waals surface area (Å²) in [6.45, 7) is 7.62. The summed E-state index contributed by atoms with van der Waals surface area (Å²) < 4.78 is 1.16. The van der Waals surface area contributed by atoms with E-state index in [4.69, 9.17) is 5.73 Å². The summed E-state index contributed by atoms with van der Waals surface area (Å²) in [7, 11) is 0. The number of nitrogens with zero attached hydrogens (tertiary/aromatic N) is 1. The second-order valence-corrected chi connectivity index (χ2v) is 6.38. The van der Waals surface area contributed by atoms with Crippen LogP contribution in [0.15, 0.2) is 28.7 Å². The van der Waals surface area contributed by atoms with Crippen molar-refractivity contribution in [3.8, 4) is 0 Å². The summed E-state index contributed by atoms with van der Waals surface area (Å²) in [6, 6.07) is 9.06. The minimum absolute atomic E-state index is 0. The Morgan fingerprint density at radius 2 is 2.22 bits per heavy atom. The Hall–Kier alpha value is -0.0900. The molecule has 4 heteroatoms. The Morgan fingerprint density at radius 1 is 1.50 bits per heavy atom. The average molecular weight is 334 g/mol.